The van der Waals surface area contributed by atoms with Crippen molar-refractivity contribution in [1.29, 1.82) is 0 Å². The van der Waals surface area contributed by atoms with Gasteiger partial charge >= 0.3 is 0 Å². The monoisotopic (exact) mass is 1020 g/mol. The lowest BCUT2D eigenvalue weighted by Gasteiger charge is -2.34. The van der Waals surface area contributed by atoms with Crippen LogP contribution < -0.4 is 9.80 Å². The van der Waals surface area contributed by atoms with Gasteiger partial charge in [-0.1, -0.05) is 238 Å². The third-order valence-electron chi connectivity index (χ3n) is 17.3. The minimum absolute atomic E-state index is 0.133. The minimum Gasteiger partial charge on any atom is -0.311 e. The number of hydrogen-bond donors (Lipinski definition) is 0. The van der Waals surface area contributed by atoms with Crippen LogP contribution in [0.5, 0.6) is 0 Å². The quantitative estimate of drug-likeness (QED) is 0.135. The van der Waals surface area contributed by atoms with E-state index in [0.29, 0.717) is 0 Å². The normalized spacial score (nSPS) is 13.3. The molecule has 0 fully saturated rings. The Kier molecular flexibility index (Phi) is 11.1. The highest BCUT2D eigenvalue weighted by atomic mass is 15.1. The van der Waals surface area contributed by atoms with E-state index in [1.807, 2.05) is 0 Å². The van der Waals surface area contributed by atoms with Crippen LogP contribution >= 0.6 is 0 Å². The third-order valence-corrected chi connectivity index (χ3v) is 17.3. The summed E-state index contributed by atoms with van der Waals surface area (Å²) in [6.45, 7) is 4.73. The van der Waals surface area contributed by atoms with Crippen LogP contribution in [0.2, 0.25) is 0 Å². The Morgan fingerprint density at radius 1 is 0.250 bits per heavy atom. The van der Waals surface area contributed by atoms with E-state index >= 15 is 0 Å². The van der Waals surface area contributed by atoms with Crippen LogP contribution in [0.3, 0.4) is 0 Å². The summed E-state index contributed by atoms with van der Waals surface area (Å²) < 4.78 is 0. The van der Waals surface area contributed by atoms with Crippen LogP contribution in [0.15, 0.2) is 303 Å². The molecule has 0 saturated heterocycles. The van der Waals surface area contributed by atoms with E-state index in [1.54, 1.807) is 0 Å². The van der Waals surface area contributed by atoms with E-state index in [-0.39, 0.29) is 5.41 Å². The van der Waals surface area contributed by atoms with Crippen molar-refractivity contribution in [3.05, 3.63) is 337 Å². The fraction of sp³-hybridized carbons (Fsp3) is 0.0513. The number of anilines is 6. The maximum Gasteiger partial charge on any atom is 0.0714 e. The van der Waals surface area contributed by atoms with Crippen molar-refractivity contribution in [2.24, 2.45) is 0 Å². The van der Waals surface area contributed by atoms with Crippen LogP contribution in [-0.2, 0) is 10.8 Å². The lowest BCUT2D eigenvalue weighted by molar-refractivity contribution is 0.660. The Morgan fingerprint density at radius 2 is 0.700 bits per heavy atom. The number of hydrogen-bond acceptors (Lipinski definition) is 2. The van der Waals surface area contributed by atoms with E-state index in [4.69, 9.17) is 0 Å². The molecule has 0 aromatic heterocycles. The summed E-state index contributed by atoms with van der Waals surface area (Å²) in [5, 5.41) is 4.87. The average molecular weight is 1020 g/mol. The second-order valence-corrected chi connectivity index (χ2v) is 21.9. The molecule has 0 heterocycles. The SMILES string of the molecule is CC1(C)c2ccccc2-c2ccc(N(c3ccccc3)c3ccc(-c4ccc5c(c4)C(c4ccccc4)(c4ccccc4)c4cc(-c6ccc(N(c7ccccc7)c7ccccc7)cc6)c6ccccc6c4-5)c4ccccc34)cc21. The Morgan fingerprint density at radius 3 is 1.32 bits per heavy atom. The van der Waals surface area contributed by atoms with Gasteiger partial charge in [0, 0.05) is 39.2 Å². The van der Waals surface area contributed by atoms with Gasteiger partial charge in [-0.3, -0.25) is 0 Å². The predicted octanol–water partition coefficient (Wildman–Crippen LogP) is 20.9. The zero-order chi connectivity index (χ0) is 53.4. The standard InChI is InChI=1S/C78H56N2/c1-77(2)71-39-23-22-36-65(71)66-47-45-61(51-72(66)77)80(59-32-16-7-17-33-59)75-49-48-62(63-34-18-20-37-67(63)75)54-42-46-69-73(50-54)78(55-24-8-3-9-25-55,56-26-10-4-11-27-56)74-52-70(64-35-19-21-38-68(64)76(69)74)53-40-43-60(44-41-53)79(57-28-12-5-13-29-57)58-30-14-6-15-31-58/h3-52H,1-2H3. The molecule has 0 amide bonds. The van der Waals surface area contributed by atoms with E-state index in [0.717, 1.165) is 34.1 Å². The molecular weight excluding hydrogens is 965 g/mol. The third kappa shape index (κ3) is 7.33. The molecule has 0 N–H and O–H groups in total. The molecule has 13 aromatic rings. The lowest BCUT2D eigenvalue weighted by Crippen LogP contribution is -2.28. The molecule has 80 heavy (non-hydrogen) atoms. The van der Waals surface area contributed by atoms with Crippen molar-refractivity contribution in [1.82, 2.24) is 0 Å². The van der Waals surface area contributed by atoms with Crippen LogP contribution in [-0.4, -0.2) is 0 Å². The average Bonchev–Trinajstić information content (AvgIpc) is 4.05. The van der Waals surface area contributed by atoms with Gasteiger partial charge in [0.2, 0.25) is 0 Å². The molecule has 13 aromatic carbocycles. The Labute approximate surface area is 468 Å². The van der Waals surface area contributed by atoms with Crippen molar-refractivity contribution in [3.63, 3.8) is 0 Å². The predicted molar refractivity (Wildman–Crippen MR) is 337 cm³/mol. The summed E-state index contributed by atoms with van der Waals surface area (Å²) in [6.07, 6.45) is 0. The maximum atomic E-state index is 2.53. The first kappa shape index (κ1) is 47.2. The molecule has 0 unspecified atom stereocenters. The van der Waals surface area contributed by atoms with Gasteiger partial charge in [-0.05, 0) is 173 Å². The van der Waals surface area contributed by atoms with E-state index < -0.39 is 5.41 Å². The van der Waals surface area contributed by atoms with Crippen LogP contribution in [0.4, 0.5) is 34.1 Å². The molecule has 15 rings (SSSR count). The topological polar surface area (TPSA) is 6.48 Å². The number of fused-ring (bicyclic) bond motifs is 9. The van der Waals surface area contributed by atoms with Crippen molar-refractivity contribution in [3.8, 4) is 44.5 Å². The van der Waals surface area contributed by atoms with Crippen molar-refractivity contribution < 1.29 is 0 Å². The smallest absolute Gasteiger partial charge is 0.0714 e. The fourth-order valence-electron chi connectivity index (χ4n) is 13.7. The summed E-state index contributed by atoms with van der Waals surface area (Å²) in [7, 11) is 0. The second kappa shape index (κ2) is 18.9. The van der Waals surface area contributed by atoms with Crippen LogP contribution in [0.1, 0.15) is 47.2 Å². The zero-order valence-electron chi connectivity index (χ0n) is 44.8. The van der Waals surface area contributed by atoms with E-state index in [9.17, 15) is 0 Å². The van der Waals surface area contributed by atoms with Gasteiger partial charge in [-0.2, -0.15) is 0 Å². The molecule has 2 heteroatoms. The molecule has 0 atom stereocenters. The van der Waals surface area contributed by atoms with Gasteiger partial charge < -0.3 is 9.80 Å². The van der Waals surface area contributed by atoms with Gasteiger partial charge in [0.15, 0.2) is 0 Å². The maximum absolute atomic E-state index is 2.53. The van der Waals surface area contributed by atoms with Gasteiger partial charge in [0.25, 0.3) is 0 Å². The van der Waals surface area contributed by atoms with Crippen molar-refractivity contribution in [2.75, 3.05) is 9.80 Å². The van der Waals surface area contributed by atoms with Gasteiger partial charge in [0.1, 0.15) is 0 Å². The summed E-state index contributed by atoms with van der Waals surface area (Å²) in [5.41, 5.74) is 23.7. The Bertz CT molecular complexity index is 4390. The fourth-order valence-corrected chi connectivity index (χ4v) is 13.7. The number of nitrogens with zero attached hydrogens (tertiary/aromatic N) is 2. The highest BCUT2D eigenvalue weighted by Gasteiger charge is 2.47. The van der Waals surface area contributed by atoms with Crippen LogP contribution in [0.25, 0.3) is 66.1 Å². The van der Waals surface area contributed by atoms with Crippen molar-refractivity contribution in [2.45, 2.75) is 24.7 Å². The molecule has 0 aliphatic heterocycles. The second-order valence-electron chi connectivity index (χ2n) is 21.9. The summed E-state index contributed by atoms with van der Waals surface area (Å²) in [5.74, 6) is 0. The van der Waals surface area contributed by atoms with Crippen LogP contribution in [0, 0.1) is 0 Å². The van der Waals surface area contributed by atoms with Gasteiger partial charge in [-0.15, -0.1) is 0 Å². The lowest BCUT2D eigenvalue weighted by atomic mass is 9.67. The van der Waals surface area contributed by atoms with Gasteiger partial charge in [-0.25, -0.2) is 0 Å². The summed E-state index contributed by atoms with van der Waals surface area (Å²) in [6, 6.07) is 112. The molecule has 0 radical (unpaired) electrons. The molecule has 2 aliphatic carbocycles. The number of para-hydroxylation sites is 3. The molecular formula is C78H56N2. The Balaban J connectivity index is 0.915. The first-order valence-electron chi connectivity index (χ1n) is 27.9. The van der Waals surface area contributed by atoms with Crippen molar-refractivity contribution >= 4 is 55.7 Å². The van der Waals surface area contributed by atoms with Gasteiger partial charge in [0.05, 0.1) is 11.1 Å². The first-order valence-corrected chi connectivity index (χ1v) is 27.9. The molecule has 0 saturated carbocycles. The molecule has 2 aliphatic rings. The largest absolute Gasteiger partial charge is 0.311 e. The molecule has 378 valence electrons. The number of rotatable bonds is 10. The summed E-state index contributed by atoms with van der Waals surface area (Å²) in [4.78, 5) is 4.79. The molecule has 0 spiro atoms. The highest BCUT2D eigenvalue weighted by Crippen LogP contribution is 2.60. The Hall–Kier alpha value is -10.0. The van der Waals surface area contributed by atoms with E-state index in [1.165, 1.54) is 99.4 Å². The molecule has 2 nitrogen and oxygen atoms in total. The zero-order valence-corrected chi connectivity index (χ0v) is 44.8. The van der Waals surface area contributed by atoms with E-state index in [2.05, 4.69) is 327 Å². The number of benzene rings is 13. The minimum atomic E-state index is -0.653. The highest BCUT2D eigenvalue weighted by molar-refractivity contribution is 6.12. The first-order chi connectivity index (χ1) is 39.5. The summed E-state index contributed by atoms with van der Waals surface area (Å²) >= 11 is 0. The molecule has 0 bridgehead atoms.